The van der Waals surface area contributed by atoms with Crippen LogP contribution in [0.25, 0.3) is 11.4 Å². The summed E-state index contributed by atoms with van der Waals surface area (Å²) in [7, 11) is 4.17. The van der Waals surface area contributed by atoms with E-state index in [0.29, 0.717) is 6.04 Å². The number of piperazine rings is 1. The van der Waals surface area contributed by atoms with E-state index in [1.807, 2.05) is 13.1 Å². The van der Waals surface area contributed by atoms with Crippen molar-refractivity contribution < 1.29 is 0 Å². The lowest BCUT2D eigenvalue weighted by atomic mass is 10.1. The summed E-state index contributed by atoms with van der Waals surface area (Å²) in [6.45, 7) is 8.88. The topological polar surface area (TPSA) is 36.3 Å². The number of nitrogens with zero attached hydrogens (tertiary/aromatic N) is 4. The first kappa shape index (κ1) is 17.1. The van der Waals surface area contributed by atoms with Gasteiger partial charge in [-0.05, 0) is 13.6 Å². The summed E-state index contributed by atoms with van der Waals surface area (Å²) in [4.78, 5) is 9.82. The molecule has 1 unspecified atom stereocenters. The normalized spacial score (nSPS) is 18.0. The van der Waals surface area contributed by atoms with E-state index in [4.69, 9.17) is 4.98 Å². The zero-order valence-electron chi connectivity index (χ0n) is 15.1. The lowest BCUT2D eigenvalue weighted by molar-refractivity contribution is 0.0963. The second-order valence-electron chi connectivity index (χ2n) is 6.48. The van der Waals surface area contributed by atoms with E-state index in [9.17, 15) is 0 Å². The second kappa shape index (κ2) is 7.92. The fourth-order valence-corrected chi connectivity index (χ4v) is 3.59. The highest BCUT2D eigenvalue weighted by molar-refractivity contribution is 5.55. The van der Waals surface area contributed by atoms with Gasteiger partial charge in [0.05, 0.1) is 17.9 Å². The SMILES string of the molecule is CCN1CCN(C(CNC)c2cnc(-c3ccccc3)n2C)CC1. The third-order valence-corrected chi connectivity index (χ3v) is 5.09. The molecular weight excluding hydrogens is 298 g/mol. The van der Waals surface area contributed by atoms with Crippen molar-refractivity contribution >= 4 is 0 Å². The smallest absolute Gasteiger partial charge is 0.139 e. The van der Waals surface area contributed by atoms with E-state index >= 15 is 0 Å². The Morgan fingerprint density at radius 2 is 1.83 bits per heavy atom. The van der Waals surface area contributed by atoms with Crippen molar-refractivity contribution in [2.45, 2.75) is 13.0 Å². The summed E-state index contributed by atoms with van der Waals surface area (Å²) >= 11 is 0. The average molecular weight is 327 g/mol. The van der Waals surface area contributed by atoms with Crippen LogP contribution in [0.3, 0.4) is 0 Å². The van der Waals surface area contributed by atoms with Gasteiger partial charge in [-0.2, -0.15) is 0 Å². The Balaban J connectivity index is 1.83. The van der Waals surface area contributed by atoms with Gasteiger partial charge in [-0.1, -0.05) is 37.3 Å². The molecule has 1 atom stereocenters. The first-order chi connectivity index (χ1) is 11.7. The van der Waals surface area contributed by atoms with E-state index in [0.717, 1.165) is 45.1 Å². The summed E-state index contributed by atoms with van der Waals surface area (Å²) in [6.07, 6.45) is 2.05. The molecule has 1 aliphatic heterocycles. The molecule has 0 radical (unpaired) electrons. The molecule has 1 aliphatic rings. The summed E-state index contributed by atoms with van der Waals surface area (Å²) in [6, 6.07) is 10.8. The van der Waals surface area contributed by atoms with Crippen LogP contribution in [-0.4, -0.2) is 65.7 Å². The van der Waals surface area contributed by atoms with Crippen LogP contribution < -0.4 is 5.32 Å². The van der Waals surface area contributed by atoms with Crippen molar-refractivity contribution in [2.75, 3.05) is 46.3 Å². The Bertz CT molecular complexity index is 628. The molecule has 1 fully saturated rings. The van der Waals surface area contributed by atoms with Crippen LogP contribution in [0.4, 0.5) is 0 Å². The van der Waals surface area contributed by atoms with Gasteiger partial charge in [-0.3, -0.25) is 4.90 Å². The Hall–Kier alpha value is -1.69. The minimum Gasteiger partial charge on any atom is -0.330 e. The predicted molar refractivity (Wildman–Crippen MR) is 99.0 cm³/mol. The number of hydrogen-bond donors (Lipinski definition) is 1. The first-order valence-corrected chi connectivity index (χ1v) is 8.92. The monoisotopic (exact) mass is 327 g/mol. The highest BCUT2D eigenvalue weighted by atomic mass is 15.3. The van der Waals surface area contributed by atoms with Gasteiger partial charge in [0, 0.05) is 45.3 Å². The van der Waals surface area contributed by atoms with Crippen molar-refractivity contribution in [2.24, 2.45) is 7.05 Å². The molecule has 1 N–H and O–H groups in total. The van der Waals surface area contributed by atoms with Crippen LogP contribution in [0.5, 0.6) is 0 Å². The molecule has 24 heavy (non-hydrogen) atoms. The maximum Gasteiger partial charge on any atom is 0.139 e. The van der Waals surface area contributed by atoms with E-state index in [1.165, 1.54) is 11.3 Å². The summed E-state index contributed by atoms with van der Waals surface area (Å²) in [5.41, 5.74) is 2.46. The van der Waals surface area contributed by atoms with Crippen LogP contribution in [-0.2, 0) is 7.05 Å². The van der Waals surface area contributed by atoms with E-state index in [2.05, 4.69) is 64.1 Å². The molecule has 5 nitrogen and oxygen atoms in total. The Kier molecular flexibility index (Phi) is 5.66. The molecule has 0 saturated carbocycles. The van der Waals surface area contributed by atoms with E-state index < -0.39 is 0 Å². The van der Waals surface area contributed by atoms with Gasteiger partial charge < -0.3 is 14.8 Å². The van der Waals surface area contributed by atoms with Gasteiger partial charge in [0.2, 0.25) is 0 Å². The molecule has 1 aromatic carbocycles. The van der Waals surface area contributed by atoms with Crippen LogP contribution in [0.1, 0.15) is 18.7 Å². The summed E-state index contributed by atoms with van der Waals surface area (Å²) in [5.74, 6) is 1.04. The molecule has 0 amide bonds. The fourth-order valence-electron chi connectivity index (χ4n) is 3.59. The molecule has 3 rings (SSSR count). The highest BCUT2D eigenvalue weighted by Gasteiger charge is 2.27. The Labute approximate surface area is 145 Å². The number of aromatic nitrogens is 2. The van der Waals surface area contributed by atoms with Crippen LogP contribution in [0.2, 0.25) is 0 Å². The standard InChI is InChI=1S/C19H29N5/c1-4-23-10-12-24(13-11-23)18(14-20-2)17-15-21-19(22(17)3)16-8-6-5-7-9-16/h5-9,15,18,20H,4,10-14H2,1-3H3. The van der Waals surface area contributed by atoms with Gasteiger partial charge in [0.25, 0.3) is 0 Å². The van der Waals surface area contributed by atoms with Crippen molar-refractivity contribution in [3.05, 3.63) is 42.2 Å². The molecule has 0 aliphatic carbocycles. The lowest BCUT2D eigenvalue weighted by Crippen LogP contribution is -2.49. The molecule has 2 aromatic rings. The maximum absolute atomic E-state index is 4.71. The third kappa shape index (κ3) is 3.53. The number of benzene rings is 1. The lowest BCUT2D eigenvalue weighted by Gasteiger charge is -2.39. The van der Waals surface area contributed by atoms with Gasteiger partial charge in [-0.25, -0.2) is 4.98 Å². The second-order valence-corrected chi connectivity index (χ2v) is 6.48. The molecular formula is C19H29N5. The minimum absolute atomic E-state index is 0.365. The zero-order chi connectivity index (χ0) is 16.9. The Morgan fingerprint density at radius 3 is 2.46 bits per heavy atom. The van der Waals surface area contributed by atoms with E-state index in [-0.39, 0.29) is 0 Å². The van der Waals surface area contributed by atoms with Gasteiger partial charge >= 0.3 is 0 Å². The van der Waals surface area contributed by atoms with Gasteiger partial charge in [-0.15, -0.1) is 0 Å². The van der Waals surface area contributed by atoms with Crippen molar-refractivity contribution in [1.82, 2.24) is 24.7 Å². The molecule has 0 spiro atoms. The fraction of sp³-hybridized carbons (Fsp3) is 0.526. The molecule has 2 heterocycles. The van der Waals surface area contributed by atoms with Crippen molar-refractivity contribution in [3.8, 4) is 11.4 Å². The minimum atomic E-state index is 0.365. The van der Waals surface area contributed by atoms with Crippen molar-refractivity contribution in [1.29, 1.82) is 0 Å². The number of likely N-dealkylation sites (N-methyl/N-ethyl adjacent to an activating group) is 2. The van der Waals surface area contributed by atoms with Crippen LogP contribution in [0, 0.1) is 0 Å². The van der Waals surface area contributed by atoms with Crippen LogP contribution in [0.15, 0.2) is 36.5 Å². The summed E-state index contributed by atoms with van der Waals surface area (Å²) in [5, 5.41) is 3.37. The molecule has 5 heteroatoms. The first-order valence-electron chi connectivity index (χ1n) is 8.92. The quantitative estimate of drug-likeness (QED) is 0.880. The highest BCUT2D eigenvalue weighted by Crippen LogP contribution is 2.26. The molecule has 0 bridgehead atoms. The zero-order valence-corrected chi connectivity index (χ0v) is 15.1. The van der Waals surface area contributed by atoms with Gasteiger partial charge in [0.1, 0.15) is 5.82 Å². The predicted octanol–water partition coefficient (Wildman–Crippen LogP) is 1.99. The van der Waals surface area contributed by atoms with Crippen LogP contribution >= 0.6 is 0 Å². The Morgan fingerprint density at radius 1 is 1.12 bits per heavy atom. The number of rotatable bonds is 6. The maximum atomic E-state index is 4.71. The summed E-state index contributed by atoms with van der Waals surface area (Å²) < 4.78 is 2.25. The molecule has 1 saturated heterocycles. The van der Waals surface area contributed by atoms with E-state index in [1.54, 1.807) is 0 Å². The molecule has 130 valence electrons. The van der Waals surface area contributed by atoms with Gasteiger partial charge in [0.15, 0.2) is 0 Å². The number of nitrogens with one attached hydrogen (secondary N) is 1. The number of hydrogen-bond acceptors (Lipinski definition) is 4. The third-order valence-electron chi connectivity index (χ3n) is 5.09. The van der Waals surface area contributed by atoms with Crippen molar-refractivity contribution in [3.63, 3.8) is 0 Å². The number of imidazole rings is 1. The average Bonchev–Trinajstić information content (AvgIpc) is 3.02. The largest absolute Gasteiger partial charge is 0.330 e. The molecule has 1 aromatic heterocycles.